The summed E-state index contributed by atoms with van der Waals surface area (Å²) in [6.07, 6.45) is 0. The minimum atomic E-state index is -3.52. The Hall–Kier alpha value is -1.17. The smallest absolute Gasteiger partial charge is 0.207 e. The van der Waals surface area contributed by atoms with Crippen LogP contribution >= 0.6 is 15.9 Å². The molecule has 1 atom stereocenters. The van der Waals surface area contributed by atoms with Gasteiger partial charge in [0.1, 0.15) is 0 Å². The Balaban J connectivity index is 2.22. The van der Waals surface area contributed by atoms with Crippen LogP contribution in [0.25, 0.3) is 0 Å². The molecule has 106 valence electrons. The van der Waals surface area contributed by atoms with E-state index in [4.69, 9.17) is 0 Å². The number of rotatable bonds is 4. The van der Waals surface area contributed by atoms with Gasteiger partial charge in [0.25, 0.3) is 0 Å². The highest BCUT2D eigenvalue weighted by molar-refractivity contribution is 9.10. The van der Waals surface area contributed by atoms with Gasteiger partial charge in [-0.15, -0.1) is 0 Å². The molecule has 0 aromatic heterocycles. The fourth-order valence-electron chi connectivity index (χ4n) is 1.86. The molecule has 0 heterocycles. The van der Waals surface area contributed by atoms with Gasteiger partial charge in [-0.05, 0) is 37.6 Å². The molecule has 1 N–H and O–H groups in total. The second kappa shape index (κ2) is 6.08. The average Bonchev–Trinajstić information content (AvgIpc) is 2.39. The third-order valence-corrected chi connectivity index (χ3v) is 5.05. The van der Waals surface area contributed by atoms with Gasteiger partial charge in [-0.1, -0.05) is 51.8 Å². The molecule has 5 heteroatoms. The molecule has 0 aliphatic carbocycles. The third-order valence-electron chi connectivity index (χ3n) is 3.02. The Labute approximate surface area is 128 Å². The van der Waals surface area contributed by atoms with E-state index < -0.39 is 10.0 Å². The fourth-order valence-corrected chi connectivity index (χ4v) is 3.69. The number of sulfonamides is 1. The van der Waals surface area contributed by atoms with E-state index in [1.165, 1.54) is 0 Å². The van der Waals surface area contributed by atoms with Gasteiger partial charge >= 0.3 is 0 Å². The highest BCUT2D eigenvalue weighted by Crippen LogP contribution is 2.20. The van der Waals surface area contributed by atoms with Crippen molar-refractivity contribution in [2.45, 2.75) is 24.8 Å². The van der Waals surface area contributed by atoms with E-state index in [0.29, 0.717) is 0 Å². The zero-order valence-corrected chi connectivity index (χ0v) is 13.7. The van der Waals surface area contributed by atoms with Crippen molar-refractivity contribution in [3.8, 4) is 0 Å². The number of nitrogens with one attached hydrogen (secondary N) is 1. The first-order valence-corrected chi connectivity index (χ1v) is 8.50. The topological polar surface area (TPSA) is 46.2 Å². The summed E-state index contributed by atoms with van der Waals surface area (Å²) < 4.78 is 28.0. The van der Waals surface area contributed by atoms with Crippen molar-refractivity contribution in [2.75, 3.05) is 0 Å². The zero-order chi connectivity index (χ0) is 14.8. The minimum absolute atomic E-state index is 0.255. The third kappa shape index (κ3) is 3.69. The predicted octanol–water partition coefficient (Wildman–Crippen LogP) is 3.80. The van der Waals surface area contributed by atoms with Crippen LogP contribution in [0.1, 0.15) is 24.1 Å². The van der Waals surface area contributed by atoms with E-state index in [-0.39, 0.29) is 10.9 Å². The maximum absolute atomic E-state index is 12.3. The van der Waals surface area contributed by atoms with Crippen LogP contribution < -0.4 is 4.72 Å². The molecule has 20 heavy (non-hydrogen) atoms. The zero-order valence-electron chi connectivity index (χ0n) is 11.3. The van der Waals surface area contributed by atoms with Crippen LogP contribution in [0.4, 0.5) is 0 Å². The van der Waals surface area contributed by atoms with Crippen molar-refractivity contribution in [1.82, 2.24) is 4.72 Å². The minimum Gasteiger partial charge on any atom is -0.207 e. The first-order chi connectivity index (χ1) is 9.38. The Morgan fingerprint density at radius 3 is 2.35 bits per heavy atom. The van der Waals surface area contributed by atoms with Crippen molar-refractivity contribution in [3.63, 3.8) is 0 Å². The number of aryl methyl sites for hydroxylation is 1. The summed E-state index contributed by atoms with van der Waals surface area (Å²) in [6.45, 7) is 3.83. The van der Waals surface area contributed by atoms with Gasteiger partial charge in [-0.3, -0.25) is 0 Å². The van der Waals surface area contributed by atoms with E-state index in [0.717, 1.165) is 15.6 Å². The van der Waals surface area contributed by atoms with E-state index in [9.17, 15) is 8.42 Å². The number of hydrogen-bond donors (Lipinski definition) is 1. The Kier molecular flexibility index (Phi) is 4.62. The molecule has 0 amide bonds. The lowest BCUT2D eigenvalue weighted by Crippen LogP contribution is -2.26. The monoisotopic (exact) mass is 353 g/mol. The number of halogens is 1. The standard InChI is InChI=1S/C15H16BrNO2S/c1-11-6-8-13(9-7-11)12(2)17-20(18,19)15-5-3-4-14(16)10-15/h3-10,12,17H,1-2H3. The molecule has 0 bridgehead atoms. The molecule has 0 aliphatic rings. The largest absolute Gasteiger partial charge is 0.241 e. The summed E-state index contributed by atoms with van der Waals surface area (Å²) in [5, 5.41) is 0. The SMILES string of the molecule is Cc1ccc(C(C)NS(=O)(=O)c2cccc(Br)c2)cc1. The first kappa shape index (κ1) is 15.2. The molecular formula is C15H16BrNO2S. The lowest BCUT2D eigenvalue weighted by atomic mass is 10.1. The molecule has 0 radical (unpaired) electrons. The molecule has 2 rings (SSSR count). The van der Waals surface area contributed by atoms with Crippen molar-refractivity contribution in [1.29, 1.82) is 0 Å². The maximum atomic E-state index is 12.3. The van der Waals surface area contributed by atoms with Crippen molar-refractivity contribution < 1.29 is 8.42 Å². The van der Waals surface area contributed by atoms with E-state index >= 15 is 0 Å². The Bertz CT molecular complexity index is 696. The lowest BCUT2D eigenvalue weighted by molar-refractivity contribution is 0.567. The molecule has 2 aromatic rings. The quantitative estimate of drug-likeness (QED) is 0.908. The van der Waals surface area contributed by atoms with Gasteiger partial charge in [0.05, 0.1) is 4.90 Å². The van der Waals surface area contributed by atoms with Crippen LogP contribution in [-0.2, 0) is 10.0 Å². The molecule has 0 saturated heterocycles. The molecule has 3 nitrogen and oxygen atoms in total. The summed E-state index contributed by atoms with van der Waals surface area (Å²) in [5.41, 5.74) is 2.09. The summed E-state index contributed by atoms with van der Waals surface area (Å²) in [4.78, 5) is 0.255. The van der Waals surface area contributed by atoms with Gasteiger partial charge in [0, 0.05) is 10.5 Å². The second-order valence-electron chi connectivity index (χ2n) is 4.71. The molecule has 0 fully saturated rings. The lowest BCUT2D eigenvalue weighted by Gasteiger charge is -2.15. The van der Waals surface area contributed by atoms with Crippen LogP contribution in [-0.4, -0.2) is 8.42 Å². The van der Waals surface area contributed by atoms with Crippen LogP contribution in [0.3, 0.4) is 0 Å². The van der Waals surface area contributed by atoms with Crippen LogP contribution in [0.5, 0.6) is 0 Å². The van der Waals surface area contributed by atoms with Gasteiger partial charge < -0.3 is 0 Å². The van der Waals surface area contributed by atoms with Crippen molar-refractivity contribution in [2.24, 2.45) is 0 Å². The summed E-state index contributed by atoms with van der Waals surface area (Å²) in [7, 11) is -3.52. The van der Waals surface area contributed by atoms with Crippen LogP contribution in [0, 0.1) is 6.92 Å². The predicted molar refractivity (Wildman–Crippen MR) is 84.1 cm³/mol. The number of hydrogen-bond acceptors (Lipinski definition) is 2. The molecule has 1 unspecified atom stereocenters. The van der Waals surface area contributed by atoms with E-state index in [1.807, 2.05) is 38.1 Å². The van der Waals surface area contributed by atoms with E-state index in [1.54, 1.807) is 24.3 Å². The number of benzene rings is 2. The molecule has 0 saturated carbocycles. The van der Waals surface area contributed by atoms with Crippen molar-refractivity contribution in [3.05, 3.63) is 64.1 Å². The van der Waals surface area contributed by atoms with Crippen LogP contribution in [0.15, 0.2) is 57.9 Å². The highest BCUT2D eigenvalue weighted by atomic mass is 79.9. The first-order valence-electron chi connectivity index (χ1n) is 6.23. The summed E-state index contributed by atoms with van der Waals surface area (Å²) >= 11 is 3.28. The summed E-state index contributed by atoms with van der Waals surface area (Å²) in [5.74, 6) is 0. The van der Waals surface area contributed by atoms with Gasteiger partial charge in [0.2, 0.25) is 10.0 Å². The Morgan fingerprint density at radius 2 is 1.75 bits per heavy atom. The van der Waals surface area contributed by atoms with Gasteiger partial charge in [-0.2, -0.15) is 0 Å². The molecule has 0 aliphatic heterocycles. The highest BCUT2D eigenvalue weighted by Gasteiger charge is 2.18. The molecule has 2 aromatic carbocycles. The second-order valence-corrected chi connectivity index (χ2v) is 7.34. The fraction of sp³-hybridized carbons (Fsp3) is 0.200. The Morgan fingerprint density at radius 1 is 1.10 bits per heavy atom. The molecular weight excluding hydrogens is 338 g/mol. The average molecular weight is 354 g/mol. The maximum Gasteiger partial charge on any atom is 0.241 e. The summed E-state index contributed by atoms with van der Waals surface area (Å²) in [6, 6.07) is 14.2. The van der Waals surface area contributed by atoms with Crippen LogP contribution in [0.2, 0.25) is 0 Å². The molecule has 0 spiro atoms. The van der Waals surface area contributed by atoms with E-state index in [2.05, 4.69) is 20.7 Å². The van der Waals surface area contributed by atoms with Gasteiger partial charge in [0.15, 0.2) is 0 Å². The van der Waals surface area contributed by atoms with Crippen molar-refractivity contribution >= 4 is 26.0 Å². The van der Waals surface area contributed by atoms with Gasteiger partial charge in [-0.25, -0.2) is 13.1 Å². The normalized spacial score (nSPS) is 13.2.